The molecule has 5 heteroatoms. The molecule has 0 aromatic rings. The molecule has 70 heavy (non-hydrogen) atoms. The van der Waals surface area contributed by atoms with Gasteiger partial charge in [0.15, 0.2) is 6.10 Å². The second kappa shape index (κ2) is 60.4. The molecule has 1 unspecified atom stereocenters. The smallest absolute Gasteiger partial charge is 0.306 e. The standard InChI is InChI=1S/C65H114O5/c1-4-7-10-13-16-19-22-25-28-30-32-34-36-39-42-45-48-51-54-57-60-68-61-63(70-65(67)59-56-53-50-47-44-41-37-27-24-21-18-15-12-9-6-3)62-69-64(66)58-55-52-49-46-43-40-38-35-33-31-29-26-23-20-17-14-11-8-5-2/h7,10,16,18-19,21,25-29,32,34,37,63H,4-6,8-9,11-15,17,20,22-24,30-31,33,35-36,38-62H2,1-3H3/b10-7-,19-16-,21-18-,28-25-,29-26-,34-32-,37-27-. The Hall–Kier alpha value is -2.92. The number of esters is 2. The predicted molar refractivity (Wildman–Crippen MR) is 307 cm³/mol. The van der Waals surface area contributed by atoms with Crippen LogP contribution >= 0.6 is 0 Å². The van der Waals surface area contributed by atoms with Crippen LogP contribution in [0.5, 0.6) is 0 Å². The van der Waals surface area contributed by atoms with Gasteiger partial charge in [-0.05, 0) is 116 Å². The van der Waals surface area contributed by atoms with Crippen LogP contribution in [0, 0.1) is 0 Å². The molecule has 0 saturated heterocycles. The molecule has 0 fully saturated rings. The van der Waals surface area contributed by atoms with Crippen LogP contribution in [0.25, 0.3) is 0 Å². The van der Waals surface area contributed by atoms with Crippen molar-refractivity contribution in [2.75, 3.05) is 19.8 Å². The van der Waals surface area contributed by atoms with Gasteiger partial charge in [0.05, 0.1) is 6.61 Å². The normalized spacial score (nSPS) is 12.8. The highest BCUT2D eigenvalue weighted by atomic mass is 16.6. The van der Waals surface area contributed by atoms with Crippen molar-refractivity contribution in [3.8, 4) is 0 Å². The number of ether oxygens (including phenoxy) is 3. The van der Waals surface area contributed by atoms with E-state index in [1.165, 1.54) is 173 Å². The van der Waals surface area contributed by atoms with Crippen LogP contribution in [0.4, 0.5) is 0 Å². The van der Waals surface area contributed by atoms with E-state index in [2.05, 4.69) is 106 Å². The van der Waals surface area contributed by atoms with Crippen molar-refractivity contribution in [1.82, 2.24) is 0 Å². The van der Waals surface area contributed by atoms with E-state index in [9.17, 15) is 9.59 Å². The van der Waals surface area contributed by atoms with Gasteiger partial charge in [0.2, 0.25) is 0 Å². The van der Waals surface area contributed by atoms with Gasteiger partial charge in [0.1, 0.15) is 6.61 Å². The summed E-state index contributed by atoms with van der Waals surface area (Å²) in [5.41, 5.74) is 0. The van der Waals surface area contributed by atoms with Crippen molar-refractivity contribution >= 4 is 11.9 Å². The molecule has 0 radical (unpaired) electrons. The van der Waals surface area contributed by atoms with Crippen LogP contribution < -0.4 is 0 Å². The molecule has 0 aliphatic carbocycles. The van der Waals surface area contributed by atoms with Crippen molar-refractivity contribution in [3.63, 3.8) is 0 Å². The molecule has 0 spiro atoms. The molecule has 0 aliphatic rings. The van der Waals surface area contributed by atoms with Gasteiger partial charge in [-0.25, -0.2) is 0 Å². The largest absolute Gasteiger partial charge is 0.462 e. The Kier molecular flexibility index (Phi) is 57.9. The van der Waals surface area contributed by atoms with Gasteiger partial charge in [-0.3, -0.25) is 9.59 Å². The molecule has 5 nitrogen and oxygen atoms in total. The van der Waals surface area contributed by atoms with Crippen molar-refractivity contribution in [3.05, 3.63) is 85.1 Å². The number of unbranched alkanes of at least 4 members (excludes halogenated alkanes) is 30. The maximum absolute atomic E-state index is 12.9. The van der Waals surface area contributed by atoms with E-state index in [-0.39, 0.29) is 25.2 Å². The van der Waals surface area contributed by atoms with Gasteiger partial charge in [0, 0.05) is 19.4 Å². The van der Waals surface area contributed by atoms with Gasteiger partial charge in [-0.2, -0.15) is 0 Å². The highest BCUT2D eigenvalue weighted by molar-refractivity contribution is 5.70. The number of hydrogen-bond donors (Lipinski definition) is 0. The van der Waals surface area contributed by atoms with Gasteiger partial charge in [-0.15, -0.1) is 0 Å². The van der Waals surface area contributed by atoms with Crippen LogP contribution in [0.1, 0.15) is 290 Å². The zero-order valence-corrected chi connectivity index (χ0v) is 46.5. The number of allylic oxidation sites excluding steroid dienone is 14. The quantitative estimate of drug-likeness (QED) is 0.0345. The topological polar surface area (TPSA) is 61.8 Å². The van der Waals surface area contributed by atoms with E-state index in [0.29, 0.717) is 19.4 Å². The summed E-state index contributed by atoms with van der Waals surface area (Å²) in [6.07, 6.45) is 80.4. The fourth-order valence-electron chi connectivity index (χ4n) is 8.41. The third-order valence-corrected chi connectivity index (χ3v) is 12.9. The second-order valence-corrected chi connectivity index (χ2v) is 19.9. The number of rotatable bonds is 55. The third-order valence-electron chi connectivity index (χ3n) is 12.9. The van der Waals surface area contributed by atoms with Crippen LogP contribution in [-0.4, -0.2) is 37.9 Å². The summed E-state index contributed by atoms with van der Waals surface area (Å²) in [5, 5.41) is 0. The van der Waals surface area contributed by atoms with Crippen molar-refractivity contribution in [1.29, 1.82) is 0 Å². The Morgan fingerprint density at radius 1 is 0.329 bits per heavy atom. The lowest BCUT2D eigenvalue weighted by atomic mass is 10.1. The average Bonchev–Trinajstić information content (AvgIpc) is 3.36. The predicted octanol–water partition coefficient (Wildman–Crippen LogP) is 20.8. The molecule has 0 saturated carbocycles. The minimum absolute atomic E-state index is 0.0720. The van der Waals surface area contributed by atoms with Gasteiger partial charge in [0.25, 0.3) is 0 Å². The Labute approximate surface area is 435 Å². The van der Waals surface area contributed by atoms with Gasteiger partial charge < -0.3 is 14.2 Å². The monoisotopic (exact) mass is 975 g/mol. The third kappa shape index (κ3) is 57.7. The number of carbonyl (C=O) groups is 2. The molecular formula is C65H114O5. The van der Waals surface area contributed by atoms with Crippen LogP contribution in [-0.2, 0) is 23.8 Å². The lowest BCUT2D eigenvalue weighted by Gasteiger charge is -2.18. The molecule has 0 aromatic heterocycles. The Morgan fingerprint density at radius 3 is 1.07 bits per heavy atom. The van der Waals surface area contributed by atoms with E-state index in [4.69, 9.17) is 14.2 Å². The van der Waals surface area contributed by atoms with Crippen molar-refractivity contribution < 1.29 is 23.8 Å². The average molecular weight is 976 g/mol. The Morgan fingerprint density at radius 2 is 0.643 bits per heavy atom. The Balaban J connectivity index is 4.30. The summed E-state index contributed by atoms with van der Waals surface area (Å²) in [4.78, 5) is 25.6. The molecular weight excluding hydrogens is 861 g/mol. The van der Waals surface area contributed by atoms with Crippen molar-refractivity contribution in [2.45, 2.75) is 297 Å². The van der Waals surface area contributed by atoms with E-state index in [0.717, 1.165) is 83.5 Å². The molecule has 0 amide bonds. The summed E-state index contributed by atoms with van der Waals surface area (Å²) in [6, 6.07) is 0. The maximum Gasteiger partial charge on any atom is 0.306 e. The van der Waals surface area contributed by atoms with E-state index in [1.54, 1.807) is 0 Å². The molecule has 0 heterocycles. The van der Waals surface area contributed by atoms with Crippen LogP contribution in [0.3, 0.4) is 0 Å². The first-order chi connectivity index (χ1) is 34.6. The summed E-state index contributed by atoms with van der Waals surface area (Å²) in [6.45, 7) is 7.67. The summed E-state index contributed by atoms with van der Waals surface area (Å²) >= 11 is 0. The molecule has 0 bridgehead atoms. The highest BCUT2D eigenvalue weighted by Crippen LogP contribution is 2.15. The summed E-state index contributed by atoms with van der Waals surface area (Å²) in [5.74, 6) is -0.415. The lowest BCUT2D eigenvalue weighted by Crippen LogP contribution is -2.30. The minimum atomic E-state index is -0.555. The number of carbonyl (C=O) groups excluding carboxylic acids is 2. The first-order valence-electron chi connectivity index (χ1n) is 30.1. The van der Waals surface area contributed by atoms with Crippen molar-refractivity contribution in [2.24, 2.45) is 0 Å². The summed E-state index contributed by atoms with van der Waals surface area (Å²) in [7, 11) is 0. The highest BCUT2D eigenvalue weighted by Gasteiger charge is 2.17. The minimum Gasteiger partial charge on any atom is -0.462 e. The van der Waals surface area contributed by atoms with Crippen LogP contribution in [0.15, 0.2) is 85.1 Å². The van der Waals surface area contributed by atoms with E-state index < -0.39 is 6.10 Å². The molecule has 404 valence electrons. The summed E-state index contributed by atoms with van der Waals surface area (Å²) < 4.78 is 17.5. The zero-order chi connectivity index (χ0) is 50.6. The molecule has 0 rings (SSSR count). The molecule has 1 atom stereocenters. The Bertz CT molecular complexity index is 1290. The first kappa shape index (κ1) is 67.1. The number of hydrogen-bond acceptors (Lipinski definition) is 5. The maximum atomic E-state index is 12.9. The first-order valence-corrected chi connectivity index (χ1v) is 30.1. The second-order valence-electron chi connectivity index (χ2n) is 19.9. The zero-order valence-electron chi connectivity index (χ0n) is 46.5. The molecule has 0 aliphatic heterocycles. The van der Waals surface area contributed by atoms with E-state index >= 15 is 0 Å². The van der Waals surface area contributed by atoms with Crippen LogP contribution in [0.2, 0.25) is 0 Å². The molecule has 0 N–H and O–H groups in total. The molecule has 0 aromatic carbocycles. The SMILES string of the molecule is CC/C=C\C/C=C\C/C=C\C/C=C\CCCCCCCCCOCC(COC(=O)CCCCCCCCCCC/C=C\CCCCCCCC)OC(=O)CCCCCCC/C=C\C/C=C\CCCCC. The van der Waals surface area contributed by atoms with Gasteiger partial charge in [-0.1, -0.05) is 247 Å². The lowest BCUT2D eigenvalue weighted by molar-refractivity contribution is -0.163. The fourth-order valence-corrected chi connectivity index (χ4v) is 8.41. The van der Waals surface area contributed by atoms with Gasteiger partial charge >= 0.3 is 11.9 Å². The van der Waals surface area contributed by atoms with E-state index in [1.807, 2.05) is 0 Å². The fraction of sp³-hybridized carbons (Fsp3) is 0.754.